The third kappa shape index (κ3) is 18.3. The van der Waals surface area contributed by atoms with Gasteiger partial charge < -0.3 is 4.57 Å². The number of rotatable bonds is 9. The van der Waals surface area contributed by atoms with Crippen molar-refractivity contribution in [3.8, 4) is 73.5 Å². The molecule has 0 spiro atoms. The molecular weight excluding hydrogens is 1480 g/mol. The lowest BCUT2D eigenvalue weighted by atomic mass is 9.81. The van der Waals surface area contributed by atoms with Crippen LogP contribution in [0.3, 0.4) is 0 Å². The average molecular weight is 1600 g/mol. The van der Waals surface area contributed by atoms with Gasteiger partial charge in [-0.05, 0) is 148 Å². The maximum atomic E-state index is 7.70. The summed E-state index contributed by atoms with van der Waals surface area (Å²) in [5.41, 5.74) is 24.2. The van der Waals surface area contributed by atoms with Gasteiger partial charge in [0, 0.05) is 83.8 Å². The van der Waals surface area contributed by atoms with E-state index in [0.29, 0.717) is 0 Å². The van der Waals surface area contributed by atoms with Crippen molar-refractivity contribution in [3.63, 3.8) is 0 Å². The standard InChI is InChI=1S/C33H27N3.C28H25N.C21H21N.C20H20N2.C12H19N/c1-33(2,3)22-20-31(35-27-16-8-4-12-23(27)24-13-5-9-17-28(24)35)34-32(21-22)36-29-18-10-6-14-25(29)26-15-7-11-19-30(26)36;1-28(2,3)24-16-8-4-12-20(24)21-13-5-9-17-25(21)29-26-18-10-6-14-22(26)23-15-7-11-19-27(23)29;1-21(2,3)18-14-19(16-10-6-4-7-11-16)22-20(15-18)17-12-8-5-9-13-17;1-20(2,3)19-21-17(15-10-6-4-7-11-15)14-18(22-19)16-12-8-5-9-13-16;1-6-11-8-10(12(3,4)5)7-9(2)13-11/h4-21H,1-3H3;4-19H,1-3H3;4-15H,1-3H3;4-14H,1-3H3;7-8H,6H2,1-5H3/i;;;;2D3,6D2. The monoisotopic (exact) mass is 1600 g/mol. The first-order valence-corrected chi connectivity index (χ1v) is 42.3. The zero-order valence-electron chi connectivity index (χ0n) is 78.1. The van der Waals surface area contributed by atoms with E-state index in [1.54, 1.807) is 12.1 Å². The van der Waals surface area contributed by atoms with Crippen molar-refractivity contribution < 1.29 is 6.85 Å². The molecule has 0 aliphatic rings. The summed E-state index contributed by atoms with van der Waals surface area (Å²) >= 11 is 0. The van der Waals surface area contributed by atoms with Gasteiger partial charge in [-0.15, -0.1) is 0 Å². The largest absolute Gasteiger partial charge is 0.309 e. The van der Waals surface area contributed by atoms with Crippen LogP contribution in [0.25, 0.3) is 139 Å². The molecule has 19 rings (SSSR count). The molecule has 122 heavy (non-hydrogen) atoms. The molecule has 7 heterocycles. The number of nitrogens with zero attached hydrogens (tertiary/aromatic N) is 8. The molecule has 0 saturated heterocycles. The van der Waals surface area contributed by atoms with Gasteiger partial charge in [0.1, 0.15) is 17.5 Å². The van der Waals surface area contributed by atoms with Gasteiger partial charge in [0.25, 0.3) is 0 Å². The summed E-state index contributed by atoms with van der Waals surface area (Å²) in [6.07, 6.45) is -1.65. The Bertz CT molecular complexity index is 6480. The molecule has 0 bridgehead atoms. The highest BCUT2D eigenvalue weighted by Crippen LogP contribution is 2.42. The van der Waals surface area contributed by atoms with Crippen molar-refractivity contribution in [2.24, 2.45) is 0 Å². The van der Waals surface area contributed by atoms with Crippen LogP contribution in [0.4, 0.5) is 0 Å². The van der Waals surface area contributed by atoms with Gasteiger partial charge in [0.05, 0.1) is 61.6 Å². The van der Waals surface area contributed by atoms with Crippen molar-refractivity contribution >= 4 is 65.4 Å². The van der Waals surface area contributed by atoms with Crippen LogP contribution in [-0.4, -0.2) is 38.6 Å². The third-order valence-corrected chi connectivity index (χ3v) is 22.3. The fraction of sp³-hybridized carbons (Fsp3) is 0.202. The second kappa shape index (κ2) is 35.1. The summed E-state index contributed by atoms with van der Waals surface area (Å²) in [6, 6.07) is 125. The molecule has 19 aromatic rings. The third-order valence-electron chi connectivity index (χ3n) is 22.3. The lowest BCUT2D eigenvalue weighted by Gasteiger charge is -2.24. The minimum Gasteiger partial charge on any atom is -0.309 e. The van der Waals surface area contributed by atoms with Crippen molar-refractivity contribution in [1.29, 1.82) is 0 Å². The molecule has 0 aliphatic carbocycles. The van der Waals surface area contributed by atoms with Crippen molar-refractivity contribution in [2.45, 2.75) is 151 Å². The smallest absolute Gasteiger partial charge is 0.140 e. The summed E-state index contributed by atoms with van der Waals surface area (Å²) < 4.78 is 44.7. The molecule has 7 aromatic heterocycles. The van der Waals surface area contributed by atoms with E-state index in [2.05, 4.69) is 399 Å². The van der Waals surface area contributed by atoms with Gasteiger partial charge >= 0.3 is 0 Å². The fourth-order valence-corrected chi connectivity index (χ4v) is 15.8. The summed E-state index contributed by atoms with van der Waals surface area (Å²) in [4.78, 5) is 23.8. The highest BCUT2D eigenvalue weighted by atomic mass is 15.1. The first kappa shape index (κ1) is 77.2. The number of hydrogen-bond acceptors (Lipinski definition) is 5. The fourth-order valence-electron chi connectivity index (χ4n) is 15.8. The Morgan fingerprint density at radius 3 is 0.910 bits per heavy atom. The molecule has 0 atom stereocenters. The Morgan fingerprint density at radius 1 is 0.262 bits per heavy atom. The zero-order valence-corrected chi connectivity index (χ0v) is 73.1. The van der Waals surface area contributed by atoms with Gasteiger partial charge in [-0.2, -0.15) is 0 Å². The maximum Gasteiger partial charge on any atom is 0.140 e. The van der Waals surface area contributed by atoms with Gasteiger partial charge in [-0.25, -0.2) is 19.9 Å². The predicted molar refractivity (Wildman–Crippen MR) is 519 cm³/mol. The summed E-state index contributed by atoms with van der Waals surface area (Å²) in [5.74, 6) is 2.75. The predicted octanol–water partition coefficient (Wildman–Crippen LogP) is 30.4. The van der Waals surface area contributed by atoms with Crippen molar-refractivity contribution in [1.82, 2.24) is 38.6 Å². The SMILES string of the molecule is CC(C)(C)c1cc(-c2ccccc2)nc(-c2ccccc2)c1.CC(C)(C)c1cc(-n2c3ccccc3c3ccccc32)nc(-n2c3ccccc3c3ccccc32)c1.CC(C)(C)c1ccccc1-c1ccccc1-n1c2ccccc2c2ccccc21.CC(C)(C)c1nc(-c2ccccc2)cc(-c2ccccc2)n1.[2H]C([2H])([2H])c1cc(C(C)(C)C)cc(C([2H])([2H])C)n1. The van der Waals surface area contributed by atoms with E-state index in [4.69, 9.17) is 26.8 Å². The molecular formula is C114H112N8. The van der Waals surface area contributed by atoms with E-state index in [1.165, 1.54) is 106 Å². The molecule has 12 aromatic carbocycles. The Labute approximate surface area is 728 Å². The zero-order chi connectivity index (χ0) is 90.0. The Hall–Kier alpha value is -13.4. The van der Waals surface area contributed by atoms with E-state index >= 15 is 0 Å². The summed E-state index contributed by atoms with van der Waals surface area (Å²) in [5, 5.41) is 7.57. The van der Waals surface area contributed by atoms with Gasteiger partial charge in [-0.3, -0.25) is 14.1 Å². The lowest BCUT2D eigenvalue weighted by Crippen LogP contribution is -2.16. The Balaban J connectivity index is 0.000000125. The maximum absolute atomic E-state index is 7.70. The molecule has 0 aliphatic heterocycles. The first-order valence-electron chi connectivity index (χ1n) is 44.8. The van der Waals surface area contributed by atoms with Crippen LogP contribution in [0, 0.1) is 6.85 Å². The second-order valence-corrected chi connectivity index (χ2v) is 36.4. The number of pyridine rings is 3. The molecule has 0 unspecified atom stereocenters. The Kier molecular flexibility index (Phi) is 22.2. The van der Waals surface area contributed by atoms with Crippen LogP contribution in [0.1, 0.15) is 157 Å². The van der Waals surface area contributed by atoms with E-state index in [-0.39, 0.29) is 38.5 Å². The number of hydrogen-bond donors (Lipinski definition) is 0. The van der Waals surface area contributed by atoms with Crippen LogP contribution in [0.2, 0.25) is 0 Å². The minimum atomic E-state index is -2.32. The normalized spacial score (nSPS) is 12.7. The van der Waals surface area contributed by atoms with Crippen LogP contribution < -0.4 is 0 Å². The molecule has 0 amide bonds. The van der Waals surface area contributed by atoms with E-state index < -0.39 is 13.2 Å². The van der Waals surface area contributed by atoms with E-state index in [9.17, 15) is 0 Å². The summed E-state index contributed by atoms with van der Waals surface area (Å²) in [7, 11) is 0. The quantitative estimate of drug-likeness (QED) is 0.144. The lowest BCUT2D eigenvalue weighted by molar-refractivity contribution is 0.547. The second-order valence-electron chi connectivity index (χ2n) is 36.4. The number of aryl methyl sites for hydroxylation is 2. The molecule has 0 saturated carbocycles. The molecule has 608 valence electrons. The number of fused-ring (bicyclic) bond motifs is 9. The molecule has 0 N–H and O–H groups in total. The van der Waals surface area contributed by atoms with Crippen LogP contribution in [0.15, 0.2) is 358 Å². The number of benzene rings is 12. The van der Waals surface area contributed by atoms with Crippen molar-refractivity contribution in [2.75, 3.05) is 0 Å². The minimum absolute atomic E-state index is 0.0377. The Morgan fingerprint density at radius 2 is 0.566 bits per heavy atom. The van der Waals surface area contributed by atoms with Crippen LogP contribution in [-0.2, 0) is 33.4 Å². The highest BCUT2D eigenvalue weighted by Gasteiger charge is 2.27. The van der Waals surface area contributed by atoms with Gasteiger partial charge in [0.15, 0.2) is 0 Å². The van der Waals surface area contributed by atoms with Crippen molar-refractivity contribution in [3.05, 3.63) is 397 Å². The van der Waals surface area contributed by atoms with E-state index in [0.717, 1.165) is 68.1 Å². The molecule has 8 nitrogen and oxygen atoms in total. The molecule has 8 heteroatoms. The summed E-state index contributed by atoms with van der Waals surface area (Å²) in [6.45, 7) is 31.8. The van der Waals surface area contributed by atoms with E-state index in [1.807, 2.05) is 69.3 Å². The first-order chi connectivity index (χ1) is 60.4. The topological polar surface area (TPSA) is 79.2 Å². The van der Waals surface area contributed by atoms with Gasteiger partial charge in [0.2, 0.25) is 0 Å². The molecule has 0 fully saturated rings. The average Bonchev–Trinajstić information content (AvgIpc) is 1.59. The molecule has 0 radical (unpaired) electrons. The van der Waals surface area contributed by atoms with Gasteiger partial charge in [-0.1, -0.05) is 384 Å². The van der Waals surface area contributed by atoms with Crippen LogP contribution in [0.5, 0.6) is 0 Å². The van der Waals surface area contributed by atoms with Crippen LogP contribution >= 0.6 is 0 Å². The number of para-hydroxylation sites is 7. The highest BCUT2D eigenvalue weighted by molar-refractivity contribution is 6.11. The number of aromatic nitrogens is 8.